The molecule has 0 saturated heterocycles. The monoisotopic (exact) mass is 482 g/mol. The molecular formula is C30H30N2O2S. The molecule has 178 valence electrons. The van der Waals surface area contributed by atoms with Crippen LogP contribution in [0.15, 0.2) is 83.5 Å². The van der Waals surface area contributed by atoms with Gasteiger partial charge in [0.1, 0.15) is 5.70 Å². The molecule has 4 nitrogen and oxygen atoms in total. The number of rotatable bonds is 7. The Bertz CT molecular complexity index is 1270. The Morgan fingerprint density at radius 2 is 1.63 bits per heavy atom. The van der Waals surface area contributed by atoms with Crippen molar-refractivity contribution in [3.63, 3.8) is 0 Å². The minimum Gasteiger partial charge on any atom is -0.293 e. The summed E-state index contributed by atoms with van der Waals surface area (Å²) in [5.41, 5.74) is 6.25. The Morgan fingerprint density at radius 3 is 2.23 bits per heavy atom. The average molecular weight is 483 g/mol. The molecule has 0 unspecified atom stereocenters. The number of aryl methyl sites for hydroxylation is 2. The van der Waals surface area contributed by atoms with Crippen molar-refractivity contribution in [3.05, 3.63) is 106 Å². The number of anilines is 1. The van der Waals surface area contributed by atoms with Gasteiger partial charge in [-0.05, 0) is 54.2 Å². The van der Waals surface area contributed by atoms with Gasteiger partial charge >= 0.3 is 0 Å². The number of amidine groups is 1. The molecule has 5 heteroatoms. The second-order valence-electron chi connectivity index (χ2n) is 8.98. The number of benzene rings is 3. The number of thioether (sulfide) groups is 1. The van der Waals surface area contributed by atoms with E-state index in [1.807, 2.05) is 73.7 Å². The molecule has 0 aromatic heterocycles. The summed E-state index contributed by atoms with van der Waals surface area (Å²) in [6.45, 7) is 8.40. The van der Waals surface area contributed by atoms with Crippen LogP contribution in [0.2, 0.25) is 0 Å². The molecule has 0 bridgehead atoms. The molecule has 3 aromatic rings. The first-order valence-electron chi connectivity index (χ1n) is 11.9. The summed E-state index contributed by atoms with van der Waals surface area (Å²) in [7, 11) is 0. The molecule has 0 fully saturated rings. The molecule has 0 atom stereocenters. The summed E-state index contributed by atoms with van der Waals surface area (Å²) in [5, 5.41) is 0.516. The molecule has 4 rings (SSSR count). The van der Waals surface area contributed by atoms with E-state index in [4.69, 9.17) is 0 Å². The summed E-state index contributed by atoms with van der Waals surface area (Å²) in [4.78, 5) is 32.5. The van der Waals surface area contributed by atoms with Crippen molar-refractivity contribution in [1.82, 2.24) is 0 Å². The van der Waals surface area contributed by atoms with Gasteiger partial charge in [-0.3, -0.25) is 14.5 Å². The van der Waals surface area contributed by atoms with E-state index in [0.717, 1.165) is 23.2 Å². The number of Topliss-reactive ketones (excluding diaryl/α,β-unsaturated/α-hetero) is 1. The summed E-state index contributed by atoms with van der Waals surface area (Å²) < 4.78 is 0. The summed E-state index contributed by atoms with van der Waals surface area (Å²) >= 11 is 1.29. The topological polar surface area (TPSA) is 49.7 Å². The number of aliphatic imine (C=N–C) groups is 1. The minimum absolute atomic E-state index is 0.0124. The van der Waals surface area contributed by atoms with Crippen LogP contribution in [0.3, 0.4) is 0 Å². The lowest BCUT2D eigenvalue weighted by atomic mass is 10.0. The normalized spacial score (nSPS) is 14.7. The fourth-order valence-electron chi connectivity index (χ4n) is 3.79. The van der Waals surface area contributed by atoms with Crippen LogP contribution in [0.25, 0.3) is 6.08 Å². The van der Waals surface area contributed by atoms with Crippen LogP contribution in [-0.2, 0) is 11.2 Å². The van der Waals surface area contributed by atoms with Gasteiger partial charge in [0, 0.05) is 5.56 Å². The lowest BCUT2D eigenvalue weighted by Crippen LogP contribution is -2.30. The first-order valence-corrected chi connectivity index (χ1v) is 12.9. The fraction of sp³-hybridized carbons (Fsp3) is 0.233. The van der Waals surface area contributed by atoms with Crippen LogP contribution in [0.5, 0.6) is 0 Å². The maximum Gasteiger partial charge on any atom is 0.283 e. The van der Waals surface area contributed by atoms with Crippen molar-refractivity contribution >= 4 is 40.4 Å². The number of ketones is 1. The van der Waals surface area contributed by atoms with Crippen molar-refractivity contribution in [2.75, 3.05) is 10.7 Å². The third kappa shape index (κ3) is 5.80. The number of hydrogen-bond donors (Lipinski definition) is 0. The van der Waals surface area contributed by atoms with Crippen molar-refractivity contribution in [2.45, 2.75) is 40.0 Å². The predicted octanol–water partition coefficient (Wildman–Crippen LogP) is 7.04. The second-order valence-corrected chi connectivity index (χ2v) is 9.93. The summed E-state index contributed by atoms with van der Waals surface area (Å²) in [6, 6.07) is 23.6. The molecule has 0 radical (unpaired) electrons. The summed E-state index contributed by atoms with van der Waals surface area (Å²) in [5.74, 6) is 0.469. The second kappa shape index (κ2) is 10.9. The molecule has 0 aliphatic carbocycles. The molecule has 0 saturated carbocycles. The number of nitrogens with zero attached hydrogens (tertiary/aromatic N) is 2. The standard InChI is InChI=1S/C30H30N2O2S/c1-5-22-8-14-25(15-9-22)28(33)19-35-30-31-27(18-23-10-12-24(13-11-23)20(2)3)29(34)32(30)26-16-6-21(4)7-17-26/h6-18,20H,5,19H2,1-4H3/b27-18-. The van der Waals surface area contributed by atoms with Gasteiger partial charge in [-0.25, -0.2) is 4.99 Å². The molecule has 1 amide bonds. The smallest absolute Gasteiger partial charge is 0.283 e. The van der Waals surface area contributed by atoms with E-state index < -0.39 is 0 Å². The van der Waals surface area contributed by atoms with Gasteiger partial charge < -0.3 is 0 Å². The van der Waals surface area contributed by atoms with E-state index in [9.17, 15) is 9.59 Å². The number of carbonyl (C=O) groups is 2. The van der Waals surface area contributed by atoms with Gasteiger partial charge in [0.15, 0.2) is 11.0 Å². The van der Waals surface area contributed by atoms with Crippen LogP contribution in [0.1, 0.15) is 59.3 Å². The van der Waals surface area contributed by atoms with E-state index in [0.29, 0.717) is 22.3 Å². The zero-order chi connectivity index (χ0) is 24.9. The highest BCUT2D eigenvalue weighted by Gasteiger charge is 2.32. The molecule has 0 spiro atoms. The van der Waals surface area contributed by atoms with Gasteiger partial charge in [-0.2, -0.15) is 0 Å². The Hall–Kier alpha value is -3.44. The largest absolute Gasteiger partial charge is 0.293 e. The lowest BCUT2D eigenvalue weighted by Gasteiger charge is -2.18. The molecule has 3 aromatic carbocycles. The molecular weight excluding hydrogens is 452 g/mol. The van der Waals surface area contributed by atoms with E-state index in [1.165, 1.54) is 22.9 Å². The van der Waals surface area contributed by atoms with E-state index in [2.05, 4.69) is 37.9 Å². The number of carbonyl (C=O) groups excluding carboxylic acids is 2. The van der Waals surface area contributed by atoms with Crippen LogP contribution in [0, 0.1) is 6.92 Å². The highest BCUT2D eigenvalue weighted by Crippen LogP contribution is 2.30. The Kier molecular flexibility index (Phi) is 7.67. The van der Waals surface area contributed by atoms with Gasteiger partial charge in [-0.15, -0.1) is 0 Å². The Balaban J connectivity index is 1.60. The van der Waals surface area contributed by atoms with Crippen molar-refractivity contribution in [3.8, 4) is 0 Å². The van der Waals surface area contributed by atoms with Crippen molar-refractivity contribution in [1.29, 1.82) is 0 Å². The van der Waals surface area contributed by atoms with Gasteiger partial charge in [0.25, 0.3) is 5.91 Å². The Morgan fingerprint density at radius 1 is 0.971 bits per heavy atom. The van der Waals surface area contributed by atoms with E-state index in [-0.39, 0.29) is 17.4 Å². The third-order valence-corrected chi connectivity index (χ3v) is 6.98. The van der Waals surface area contributed by atoms with Gasteiger partial charge in [0.05, 0.1) is 11.4 Å². The molecule has 35 heavy (non-hydrogen) atoms. The van der Waals surface area contributed by atoms with Crippen LogP contribution >= 0.6 is 11.8 Å². The van der Waals surface area contributed by atoms with Crippen molar-refractivity contribution < 1.29 is 9.59 Å². The first-order chi connectivity index (χ1) is 16.9. The molecule has 0 N–H and O–H groups in total. The average Bonchev–Trinajstić information content (AvgIpc) is 3.18. The van der Waals surface area contributed by atoms with E-state index in [1.54, 1.807) is 4.90 Å². The first kappa shape index (κ1) is 24.7. The SMILES string of the molecule is CCc1ccc(C(=O)CSC2=N/C(=C\c3ccc(C(C)C)cc3)C(=O)N2c2ccc(C)cc2)cc1. The zero-order valence-electron chi connectivity index (χ0n) is 20.6. The molecule has 1 aliphatic heterocycles. The predicted molar refractivity (Wildman–Crippen MR) is 147 cm³/mol. The van der Waals surface area contributed by atoms with Crippen LogP contribution < -0.4 is 4.90 Å². The van der Waals surface area contributed by atoms with Crippen molar-refractivity contribution in [2.24, 2.45) is 4.99 Å². The molecule has 1 aliphatic rings. The highest BCUT2D eigenvalue weighted by molar-refractivity contribution is 8.14. The summed E-state index contributed by atoms with van der Waals surface area (Å²) in [6.07, 6.45) is 2.75. The lowest BCUT2D eigenvalue weighted by molar-refractivity contribution is -0.113. The number of hydrogen-bond acceptors (Lipinski definition) is 4. The van der Waals surface area contributed by atoms with Gasteiger partial charge in [-0.1, -0.05) is 98.8 Å². The quantitative estimate of drug-likeness (QED) is 0.268. The third-order valence-electron chi connectivity index (χ3n) is 6.04. The zero-order valence-corrected chi connectivity index (χ0v) is 21.4. The van der Waals surface area contributed by atoms with Gasteiger partial charge in [0.2, 0.25) is 0 Å². The maximum atomic E-state index is 13.4. The van der Waals surface area contributed by atoms with E-state index >= 15 is 0 Å². The molecule has 1 heterocycles. The minimum atomic E-state index is -0.191. The highest BCUT2D eigenvalue weighted by atomic mass is 32.2. The maximum absolute atomic E-state index is 13.4. The fourth-order valence-corrected chi connectivity index (χ4v) is 4.70. The van der Waals surface area contributed by atoms with Crippen LogP contribution in [-0.4, -0.2) is 22.6 Å². The number of amides is 1. The Labute approximate surface area is 211 Å². The van der Waals surface area contributed by atoms with Crippen LogP contribution in [0.4, 0.5) is 5.69 Å².